The van der Waals surface area contributed by atoms with Gasteiger partial charge in [0.15, 0.2) is 24.4 Å². The van der Waals surface area contributed by atoms with Crippen molar-refractivity contribution < 1.29 is 18.2 Å². The summed E-state index contributed by atoms with van der Waals surface area (Å²) in [6.07, 6.45) is 1.57. The molecule has 1 N–H and O–H groups in total. The minimum absolute atomic E-state index is 0.125. The summed E-state index contributed by atoms with van der Waals surface area (Å²) < 4.78 is 25.8. The molecule has 1 fully saturated rings. The van der Waals surface area contributed by atoms with Gasteiger partial charge in [0.25, 0.3) is 0 Å². The Balaban J connectivity index is 1.96. The summed E-state index contributed by atoms with van der Waals surface area (Å²) >= 11 is 4.89. The average Bonchev–Trinajstić information content (AvgIpc) is 2.44. The van der Waals surface area contributed by atoms with Crippen molar-refractivity contribution in [1.29, 1.82) is 0 Å². The van der Waals surface area contributed by atoms with Gasteiger partial charge in [0.2, 0.25) is 5.28 Å². The zero-order valence-corrected chi connectivity index (χ0v) is 13.4. The Morgan fingerprint density at radius 3 is 3.00 bits per heavy atom. The van der Waals surface area contributed by atoms with E-state index in [-0.39, 0.29) is 24.0 Å². The van der Waals surface area contributed by atoms with E-state index >= 15 is 0 Å². The number of fused-ring (bicyclic) bond motifs is 3. The zero-order chi connectivity index (χ0) is 15.0. The van der Waals surface area contributed by atoms with Crippen LogP contribution >= 0.6 is 11.6 Å². The van der Waals surface area contributed by atoms with Crippen LogP contribution in [0.4, 0.5) is 5.82 Å². The first kappa shape index (κ1) is 15.1. The molecule has 0 spiro atoms. The van der Waals surface area contributed by atoms with Crippen molar-refractivity contribution in [3.63, 3.8) is 0 Å². The van der Waals surface area contributed by atoms with Gasteiger partial charge in [0.1, 0.15) is 12.3 Å². The highest BCUT2D eigenvalue weighted by molar-refractivity contribution is 7.86. The second-order valence-electron chi connectivity index (χ2n) is 5.04. The molecule has 2 unspecified atom stereocenters. The van der Waals surface area contributed by atoms with E-state index in [9.17, 15) is 4.55 Å². The van der Waals surface area contributed by atoms with Crippen LogP contribution in [0.2, 0.25) is 5.28 Å². The third-order valence-electron chi connectivity index (χ3n) is 3.46. The van der Waals surface area contributed by atoms with Crippen molar-refractivity contribution in [2.75, 3.05) is 31.0 Å². The molecule has 0 bridgehead atoms. The molecule has 1 aromatic heterocycles. The highest BCUT2D eigenvalue weighted by Gasteiger charge is 2.37. The first-order valence-electron chi connectivity index (χ1n) is 6.60. The third-order valence-corrected chi connectivity index (χ3v) is 4.09. The molecule has 0 amide bonds. The summed E-state index contributed by atoms with van der Waals surface area (Å²) in [5.74, 6) is 1.25. The van der Waals surface area contributed by atoms with E-state index in [1.807, 2.05) is 0 Å². The molecule has 0 saturated carbocycles. The van der Waals surface area contributed by atoms with E-state index in [0.717, 1.165) is 0 Å². The summed E-state index contributed by atoms with van der Waals surface area (Å²) in [6, 6.07) is 0.310. The molecule has 116 valence electrons. The van der Waals surface area contributed by atoms with Gasteiger partial charge in [-0.2, -0.15) is 9.54 Å². The highest BCUT2D eigenvalue weighted by atomic mass is 35.5. The van der Waals surface area contributed by atoms with Crippen molar-refractivity contribution in [3.05, 3.63) is 11.0 Å². The van der Waals surface area contributed by atoms with Crippen LogP contribution in [0.1, 0.15) is 12.6 Å². The van der Waals surface area contributed by atoms with Gasteiger partial charge in [-0.25, -0.2) is 4.98 Å². The summed E-state index contributed by atoms with van der Waals surface area (Å²) in [4.78, 5) is 10.7. The Labute approximate surface area is 130 Å². The topological polar surface area (TPSA) is 76.9 Å². The molecule has 21 heavy (non-hydrogen) atoms. The molecular formula is C12H17ClN3O4S+. The molecule has 2 aliphatic rings. The second kappa shape index (κ2) is 6.13. The molecule has 0 aromatic carbocycles. The largest absolute Gasteiger partial charge is 0.486 e. The fraction of sp³-hybridized carbons (Fsp3) is 0.667. The Morgan fingerprint density at radius 1 is 1.43 bits per heavy atom. The maximum Gasteiger partial charge on any atom is 0.309 e. The van der Waals surface area contributed by atoms with Crippen molar-refractivity contribution in [2.45, 2.75) is 25.6 Å². The molecule has 9 heteroatoms. The first-order valence-corrected chi connectivity index (χ1v) is 8.49. The number of morpholine rings is 1. The van der Waals surface area contributed by atoms with Crippen LogP contribution in [0.3, 0.4) is 0 Å². The van der Waals surface area contributed by atoms with Crippen LogP contribution in [0.15, 0.2) is 0 Å². The maximum atomic E-state index is 9.28. The van der Waals surface area contributed by atoms with Gasteiger partial charge in [-0.15, -0.1) is 4.18 Å². The van der Waals surface area contributed by atoms with Gasteiger partial charge in [-0.1, -0.05) is 0 Å². The smallest absolute Gasteiger partial charge is 0.309 e. The standard InChI is InChI=1S/C12H17ClN3O4S/c1-7-3-18-4-8-5-19-10-9(6-20-21(2)17)14-12(13)15-11(10)16(7)8/h7-8,17H,3-6H2,1-2H3/q+1/t7-,8?,21?/m1/s1. The monoisotopic (exact) mass is 334 g/mol. The fourth-order valence-corrected chi connectivity index (χ4v) is 3.07. The second-order valence-corrected chi connectivity index (χ2v) is 6.46. The zero-order valence-electron chi connectivity index (χ0n) is 11.8. The minimum atomic E-state index is -1.13. The Bertz CT molecular complexity index is 533. The number of aromatic nitrogens is 2. The molecule has 0 aliphatic carbocycles. The van der Waals surface area contributed by atoms with Crippen molar-refractivity contribution in [2.24, 2.45) is 0 Å². The van der Waals surface area contributed by atoms with Crippen LogP contribution in [0.25, 0.3) is 0 Å². The lowest BCUT2D eigenvalue weighted by molar-refractivity contribution is 0.0481. The Kier molecular flexibility index (Phi) is 4.41. The number of nitrogens with zero attached hydrogens (tertiary/aromatic N) is 3. The lowest BCUT2D eigenvalue weighted by atomic mass is 10.1. The average molecular weight is 335 g/mol. The van der Waals surface area contributed by atoms with Gasteiger partial charge < -0.3 is 14.4 Å². The lowest BCUT2D eigenvalue weighted by Gasteiger charge is -2.44. The maximum absolute atomic E-state index is 9.28. The highest BCUT2D eigenvalue weighted by Crippen LogP contribution is 2.38. The summed E-state index contributed by atoms with van der Waals surface area (Å²) in [7, 11) is 0. The predicted molar refractivity (Wildman–Crippen MR) is 79.8 cm³/mol. The molecule has 3 heterocycles. The first-order chi connectivity index (χ1) is 10.1. The molecular weight excluding hydrogens is 318 g/mol. The van der Waals surface area contributed by atoms with Crippen molar-refractivity contribution in [1.82, 2.24) is 9.97 Å². The molecule has 1 aromatic rings. The lowest BCUT2D eigenvalue weighted by Crippen LogP contribution is -2.56. The molecule has 3 rings (SSSR count). The quantitative estimate of drug-likeness (QED) is 0.658. The van der Waals surface area contributed by atoms with Gasteiger partial charge in [0.05, 0.1) is 25.3 Å². The number of halogens is 1. The SMILES string of the molecule is C[C@@H]1COCC2COc3c(CO[S+](C)O)nc(Cl)nc3N21. The number of rotatable bonds is 3. The van der Waals surface area contributed by atoms with E-state index in [1.165, 1.54) is 0 Å². The van der Waals surface area contributed by atoms with Crippen molar-refractivity contribution in [3.8, 4) is 5.75 Å². The number of hydrogen-bond acceptors (Lipinski definition) is 7. The van der Waals surface area contributed by atoms with E-state index in [4.69, 9.17) is 25.3 Å². The van der Waals surface area contributed by atoms with Crippen molar-refractivity contribution >= 4 is 28.9 Å². The normalized spacial score (nSPS) is 25.8. The van der Waals surface area contributed by atoms with Gasteiger partial charge in [-0.3, -0.25) is 0 Å². The molecule has 7 nitrogen and oxygen atoms in total. The fourth-order valence-electron chi connectivity index (χ4n) is 2.60. The summed E-state index contributed by atoms with van der Waals surface area (Å²) in [5.41, 5.74) is 0.551. The van der Waals surface area contributed by atoms with Gasteiger partial charge in [-0.05, 0) is 18.5 Å². The predicted octanol–water partition coefficient (Wildman–Crippen LogP) is 1.27. The van der Waals surface area contributed by atoms with Gasteiger partial charge in [0, 0.05) is 0 Å². The molecule has 3 atom stereocenters. The molecule has 0 radical (unpaired) electrons. The summed E-state index contributed by atoms with van der Waals surface area (Å²) in [6.45, 7) is 3.95. The summed E-state index contributed by atoms with van der Waals surface area (Å²) in [5, 5.41) is 0.143. The molecule has 1 saturated heterocycles. The van der Waals surface area contributed by atoms with Crippen LogP contribution in [-0.2, 0) is 27.0 Å². The third kappa shape index (κ3) is 3.04. The van der Waals surface area contributed by atoms with E-state index < -0.39 is 11.5 Å². The minimum Gasteiger partial charge on any atom is -0.486 e. The van der Waals surface area contributed by atoms with Gasteiger partial charge >= 0.3 is 11.5 Å². The number of anilines is 1. The Hall–Kier alpha value is -0.800. The number of hydrogen-bond donors (Lipinski definition) is 1. The van der Waals surface area contributed by atoms with Crippen LogP contribution in [-0.4, -0.2) is 52.7 Å². The van der Waals surface area contributed by atoms with E-state index in [1.54, 1.807) is 6.26 Å². The van der Waals surface area contributed by atoms with E-state index in [2.05, 4.69) is 21.8 Å². The Morgan fingerprint density at radius 2 is 2.24 bits per heavy atom. The van der Waals surface area contributed by atoms with E-state index in [0.29, 0.717) is 37.1 Å². The van der Waals surface area contributed by atoms with Crippen LogP contribution < -0.4 is 9.64 Å². The number of ether oxygens (including phenoxy) is 2. The molecule has 2 aliphatic heterocycles. The van der Waals surface area contributed by atoms with Crippen LogP contribution in [0.5, 0.6) is 5.75 Å². The van der Waals surface area contributed by atoms with Crippen LogP contribution in [0, 0.1) is 0 Å².